The molecule has 0 spiro atoms. The first-order valence-corrected chi connectivity index (χ1v) is 8.42. The van der Waals surface area contributed by atoms with Crippen molar-refractivity contribution in [3.63, 3.8) is 0 Å². The monoisotopic (exact) mass is 327 g/mol. The molecule has 23 heavy (non-hydrogen) atoms. The number of aromatic nitrogens is 1. The molecule has 0 bridgehead atoms. The smallest absolute Gasteiger partial charge is 0.142 e. The maximum atomic E-state index is 13.4. The normalized spacial score (nSPS) is 12.5. The average Bonchev–Trinajstić information content (AvgIpc) is 2.85. The lowest BCUT2D eigenvalue weighted by Crippen LogP contribution is -2.07. The topological polar surface area (TPSA) is 22.0 Å². The van der Waals surface area contributed by atoms with Crippen molar-refractivity contribution in [1.29, 1.82) is 0 Å². The minimum absolute atomic E-state index is 0.0802. The van der Waals surface area contributed by atoms with E-state index in [4.69, 9.17) is 0 Å². The lowest BCUT2D eigenvalue weighted by molar-refractivity contribution is -0.116. The highest BCUT2D eigenvalue weighted by Crippen LogP contribution is 2.33. The summed E-state index contributed by atoms with van der Waals surface area (Å²) in [5.41, 5.74) is 2.01. The van der Waals surface area contributed by atoms with Crippen molar-refractivity contribution >= 4 is 28.4 Å². The van der Waals surface area contributed by atoms with Gasteiger partial charge in [0, 0.05) is 28.5 Å². The molecule has 0 amide bonds. The number of halogens is 1. The summed E-state index contributed by atoms with van der Waals surface area (Å²) in [5.74, 6) is -0.0595. The van der Waals surface area contributed by atoms with E-state index in [2.05, 4.69) is 22.9 Å². The molecule has 4 heteroatoms. The molecule has 0 aliphatic carbocycles. The number of nitrogens with zero attached hydrogens (tertiary/aromatic N) is 1. The van der Waals surface area contributed by atoms with E-state index in [1.54, 1.807) is 30.8 Å². The number of benzene rings is 2. The molecule has 0 fully saturated rings. The molecular formula is C19H18FNOS. The van der Waals surface area contributed by atoms with Gasteiger partial charge in [0.15, 0.2) is 0 Å². The third-order valence-electron chi connectivity index (χ3n) is 3.87. The number of fused-ring (bicyclic) bond motifs is 1. The molecule has 118 valence electrons. The fourth-order valence-corrected chi connectivity index (χ4v) is 3.58. The van der Waals surface area contributed by atoms with Crippen molar-refractivity contribution in [2.24, 2.45) is 0 Å². The van der Waals surface area contributed by atoms with E-state index < -0.39 is 0 Å². The molecule has 2 aromatic carbocycles. The van der Waals surface area contributed by atoms with Gasteiger partial charge in [-0.1, -0.05) is 30.3 Å². The van der Waals surface area contributed by atoms with Crippen molar-refractivity contribution in [2.75, 3.05) is 0 Å². The highest BCUT2D eigenvalue weighted by molar-refractivity contribution is 8.00. The Kier molecular flexibility index (Phi) is 4.53. The third kappa shape index (κ3) is 3.48. The molecule has 0 N–H and O–H groups in total. The van der Waals surface area contributed by atoms with E-state index in [9.17, 15) is 9.18 Å². The van der Waals surface area contributed by atoms with Crippen LogP contribution in [0, 0.1) is 5.82 Å². The molecule has 0 aliphatic heterocycles. The zero-order chi connectivity index (χ0) is 16.4. The van der Waals surface area contributed by atoms with Crippen LogP contribution in [0.1, 0.15) is 19.4 Å². The first-order valence-electron chi connectivity index (χ1n) is 7.54. The summed E-state index contributed by atoms with van der Waals surface area (Å²) in [6.07, 6.45) is 2.06. The van der Waals surface area contributed by atoms with Gasteiger partial charge < -0.3 is 4.57 Å². The highest BCUT2D eigenvalue weighted by Gasteiger charge is 2.15. The van der Waals surface area contributed by atoms with Gasteiger partial charge in [-0.2, -0.15) is 0 Å². The second kappa shape index (κ2) is 6.59. The van der Waals surface area contributed by atoms with Gasteiger partial charge in [0.25, 0.3) is 0 Å². The van der Waals surface area contributed by atoms with E-state index >= 15 is 0 Å². The molecule has 1 heterocycles. The molecular weight excluding hydrogens is 309 g/mol. The van der Waals surface area contributed by atoms with E-state index in [0.29, 0.717) is 6.54 Å². The van der Waals surface area contributed by atoms with Crippen molar-refractivity contribution in [1.82, 2.24) is 4.57 Å². The standard InChI is InChI=1S/C19H18FNOS/c1-13(22)14(2)23-19-12-21(18-9-4-3-8-17(18)19)11-15-6-5-7-16(20)10-15/h3-10,12,14H,11H2,1-2H3. The fraction of sp³-hybridized carbons (Fsp3) is 0.211. The summed E-state index contributed by atoms with van der Waals surface area (Å²) in [6.45, 7) is 4.14. The Bertz CT molecular complexity index is 855. The van der Waals surface area contributed by atoms with Gasteiger partial charge in [0.2, 0.25) is 0 Å². The molecule has 3 aromatic rings. The molecule has 0 aliphatic rings. The number of carbonyl (C=O) groups is 1. The van der Waals surface area contributed by atoms with Crippen molar-refractivity contribution in [3.8, 4) is 0 Å². The zero-order valence-electron chi connectivity index (χ0n) is 13.1. The number of rotatable bonds is 5. The summed E-state index contributed by atoms with van der Waals surface area (Å²) in [5, 5.41) is 1.05. The van der Waals surface area contributed by atoms with Gasteiger partial charge in [-0.25, -0.2) is 4.39 Å². The van der Waals surface area contributed by atoms with Crippen LogP contribution in [0.4, 0.5) is 4.39 Å². The summed E-state index contributed by atoms with van der Waals surface area (Å²) in [4.78, 5) is 12.6. The number of hydrogen-bond acceptors (Lipinski definition) is 2. The van der Waals surface area contributed by atoms with Crippen LogP contribution in [0.3, 0.4) is 0 Å². The summed E-state index contributed by atoms with van der Waals surface area (Å²) >= 11 is 1.57. The Morgan fingerprint density at radius 1 is 1.22 bits per heavy atom. The molecule has 2 nitrogen and oxygen atoms in total. The minimum atomic E-state index is -0.223. The Balaban J connectivity index is 1.99. The van der Waals surface area contributed by atoms with Crippen LogP contribution in [0.25, 0.3) is 10.9 Å². The summed E-state index contributed by atoms with van der Waals surface area (Å²) in [7, 11) is 0. The second-order valence-electron chi connectivity index (χ2n) is 5.64. The van der Waals surface area contributed by atoms with Gasteiger partial charge in [0.1, 0.15) is 11.6 Å². The quantitative estimate of drug-likeness (QED) is 0.622. The molecule has 3 rings (SSSR count). The number of hydrogen-bond donors (Lipinski definition) is 0. The number of thioether (sulfide) groups is 1. The van der Waals surface area contributed by atoms with E-state index in [0.717, 1.165) is 21.4 Å². The zero-order valence-corrected chi connectivity index (χ0v) is 13.9. The average molecular weight is 327 g/mol. The molecule has 1 unspecified atom stereocenters. The number of ketones is 1. The van der Waals surface area contributed by atoms with Crippen LogP contribution in [-0.2, 0) is 11.3 Å². The van der Waals surface area contributed by atoms with E-state index in [1.807, 2.05) is 25.1 Å². The fourth-order valence-electron chi connectivity index (χ4n) is 2.54. The van der Waals surface area contributed by atoms with Gasteiger partial charge in [0.05, 0.1) is 5.25 Å². The largest absolute Gasteiger partial charge is 0.342 e. The Morgan fingerprint density at radius 3 is 2.74 bits per heavy atom. The Labute approximate surface area is 139 Å². The first kappa shape index (κ1) is 15.8. The lowest BCUT2D eigenvalue weighted by atomic mass is 10.2. The molecule has 1 aromatic heterocycles. The van der Waals surface area contributed by atoms with Crippen molar-refractivity contribution in [2.45, 2.75) is 30.5 Å². The third-order valence-corrected chi connectivity index (χ3v) is 5.13. The van der Waals surface area contributed by atoms with E-state index in [-0.39, 0.29) is 16.9 Å². The van der Waals surface area contributed by atoms with Crippen molar-refractivity contribution in [3.05, 3.63) is 66.1 Å². The van der Waals surface area contributed by atoms with Gasteiger partial charge >= 0.3 is 0 Å². The molecule has 1 atom stereocenters. The first-order chi connectivity index (χ1) is 11.0. The Hall–Kier alpha value is -2.07. The second-order valence-corrected chi connectivity index (χ2v) is 7.02. The molecule has 0 saturated heterocycles. The van der Waals surface area contributed by atoms with Crippen LogP contribution < -0.4 is 0 Å². The highest BCUT2D eigenvalue weighted by atomic mass is 32.2. The van der Waals surface area contributed by atoms with Gasteiger partial charge in [-0.3, -0.25) is 4.79 Å². The lowest BCUT2D eigenvalue weighted by Gasteiger charge is -2.06. The number of para-hydroxylation sites is 1. The molecule has 0 saturated carbocycles. The maximum absolute atomic E-state index is 13.4. The predicted molar refractivity (Wildman–Crippen MR) is 93.4 cm³/mol. The van der Waals surface area contributed by atoms with Crippen LogP contribution >= 0.6 is 11.8 Å². The number of Topliss-reactive ketones (excluding diaryl/α,β-unsaturated/α-hetero) is 1. The van der Waals surface area contributed by atoms with Crippen LogP contribution in [0.15, 0.2) is 59.6 Å². The van der Waals surface area contributed by atoms with Crippen LogP contribution in [-0.4, -0.2) is 15.6 Å². The van der Waals surface area contributed by atoms with Crippen molar-refractivity contribution < 1.29 is 9.18 Å². The van der Waals surface area contributed by atoms with Crippen LogP contribution in [0.5, 0.6) is 0 Å². The predicted octanol–water partition coefficient (Wildman–Crippen LogP) is 4.90. The Morgan fingerprint density at radius 2 is 2.00 bits per heavy atom. The summed E-state index contributed by atoms with van der Waals surface area (Å²) in [6, 6.07) is 14.8. The molecule has 0 radical (unpaired) electrons. The van der Waals surface area contributed by atoms with Gasteiger partial charge in [-0.05, 0) is 37.6 Å². The number of carbonyl (C=O) groups excluding carboxylic acids is 1. The van der Waals surface area contributed by atoms with Crippen LogP contribution in [0.2, 0.25) is 0 Å². The van der Waals surface area contributed by atoms with E-state index in [1.165, 1.54) is 6.07 Å². The maximum Gasteiger partial charge on any atom is 0.142 e. The summed E-state index contributed by atoms with van der Waals surface area (Å²) < 4.78 is 15.5. The van der Waals surface area contributed by atoms with Gasteiger partial charge in [-0.15, -0.1) is 11.8 Å². The minimum Gasteiger partial charge on any atom is -0.342 e. The SMILES string of the molecule is CC(=O)C(C)Sc1cn(Cc2cccc(F)c2)c2ccccc12.